The van der Waals surface area contributed by atoms with Crippen molar-refractivity contribution in [2.24, 2.45) is 0 Å². The van der Waals surface area contributed by atoms with E-state index in [0.29, 0.717) is 34.1 Å². The number of anilines is 1. The Morgan fingerprint density at radius 3 is 2.69 bits per heavy atom. The van der Waals surface area contributed by atoms with E-state index in [1.807, 2.05) is 36.1 Å². The van der Waals surface area contributed by atoms with Gasteiger partial charge in [-0.2, -0.15) is 9.49 Å². The van der Waals surface area contributed by atoms with Crippen molar-refractivity contribution < 1.29 is 9.18 Å². The Labute approximate surface area is 202 Å². The highest BCUT2D eigenvalue weighted by Gasteiger charge is 2.24. The van der Waals surface area contributed by atoms with Gasteiger partial charge in [-0.25, -0.2) is 9.97 Å². The van der Waals surface area contributed by atoms with Crippen molar-refractivity contribution in [1.29, 1.82) is 0 Å². The van der Waals surface area contributed by atoms with E-state index in [4.69, 9.17) is 5.73 Å². The first-order valence-electron chi connectivity index (χ1n) is 11.3. The van der Waals surface area contributed by atoms with E-state index in [1.54, 1.807) is 24.4 Å². The van der Waals surface area contributed by atoms with Crippen molar-refractivity contribution in [1.82, 2.24) is 25.1 Å². The Morgan fingerprint density at radius 1 is 1.09 bits per heavy atom. The average Bonchev–Trinajstić information content (AvgIpc) is 3.60. The fourth-order valence-corrected chi connectivity index (χ4v) is 3.59. The maximum absolute atomic E-state index is 13.0. The number of aromatic nitrogens is 4. The van der Waals surface area contributed by atoms with Crippen LogP contribution in [0.15, 0.2) is 61.2 Å². The number of benzene rings is 1. The van der Waals surface area contributed by atoms with E-state index in [-0.39, 0.29) is 12.5 Å². The fraction of sp³-hybridized carbons (Fsp3) is 0.185. The average molecular weight is 467 g/mol. The molecular weight excluding hydrogens is 443 g/mol. The largest absolute Gasteiger partial charge is 0.383 e. The molecule has 0 aliphatic heterocycles. The number of amides is 1. The number of nitrogens with one attached hydrogen (secondary N) is 1. The smallest absolute Gasteiger partial charge is 0.251 e. The SMILES string of the molecule is Cc1ccc(C(=O)NCc2ccc(F)nc2)cc1C#Cc1cc(-c2cnn(C3CC3)c2)cnc1N. The Kier molecular flexibility index (Phi) is 5.98. The van der Waals surface area contributed by atoms with Crippen LogP contribution in [0.2, 0.25) is 0 Å². The zero-order valence-corrected chi connectivity index (χ0v) is 19.1. The standard InChI is InChI=1S/C27H23FN6O/c1-17-2-4-21(27(35)32-13-18-3-9-25(28)30-12-18)10-19(17)5-6-20-11-22(14-31-26(20)29)23-15-33-34(16-23)24-7-8-24/h2-4,9-12,14-16,24H,7-8,13H2,1H3,(H2,29,31)(H,32,35). The Balaban J connectivity index is 1.34. The predicted octanol–water partition coefficient (Wildman–Crippen LogP) is 4.03. The van der Waals surface area contributed by atoms with Crippen LogP contribution < -0.4 is 11.1 Å². The third-order valence-electron chi connectivity index (χ3n) is 5.85. The minimum Gasteiger partial charge on any atom is -0.383 e. The fourth-order valence-electron chi connectivity index (χ4n) is 3.59. The number of nitrogens with two attached hydrogens (primary N) is 1. The molecule has 1 aliphatic carbocycles. The van der Waals surface area contributed by atoms with Gasteiger partial charge in [0, 0.05) is 47.4 Å². The molecule has 0 unspecified atom stereocenters. The van der Waals surface area contributed by atoms with E-state index < -0.39 is 5.95 Å². The maximum Gasteiger partial charge on any atom is 0.251 e. The van der Waals surface area contributed by atoms with Crippen molar-refractivity contribution in [2.45, 2.75) is 32.4 Å². The normalized spacial score (nSPS) is 12.6. The number of halogens is 1. The van der Waals surface area contributed by atoms with Crippen LogP contribution in [0.5, 0.6) is 0 Å². The van der Waals surface area contributed by atoms with Crippen LogP contribution in [-0.4, -0.2) is 25.7 Å². The number of hydrogen-bond donors (Lipinski definition) is 2. The molecule has 0 atom stereocenters. The molecule has 1 saturated carbocycles. The number of pyridine rings is 2. The second kappa shape index (κ2) is 9.39. The molecule has 174 valence electrons. The molecule has 0 bridgehead atoms. The number of rotatable bonds is 5. The number of aryl methyl sites for hydroxylation is 1. The van der Waals surface area contributed by atoms with Crippen LogP contribution in [0.4, 0.5) is 10.2 Å². The molecule has 1 aliphatic rings. The van der Waals surface area contributed by atoms with E-state index in [1.165, 1.54) is 12.3 Å². The molecule has 1 amide bonds. The minimum atomic E-state index is -0.559. The van der Waals surface area contributed by atoms with Gasteiger partial charge in [0.25, 0.3) is 5.91 Å². The number of carbonyl (C=O) groups is 1. The van der Waals surface area contributed by atoms with Gasteiger partial charge in [0.05, 0.1) is 17.8 Å². The van der Waals surface area contributed by atoms with E-state index >= 15 is 0 Å². The molecule has 3 N–H and O–H groups in total. The lowest BCUT2D eigenvalue weighted by Gasteiger charge is -2.07. The van der Waals surface area contributed by atoms with Crippen LogP contribution >= 0.6 is 0 Å². The lowest BCUT2D eigenvalue weighted by atomic mass is 10.0. The van der Waals surface area contributed by atoms with Crippen LogP contribution in [0, 0.1) is 24.7 Å². The van der Waals surface area contributed by atoms with Gasteiger partial charge >= 0.3 is 0 Å². The van der Waals surface area contributed by atoms with Gasteiger partial charge in [-0.1, -0.05) is 24.0 Å². The molecule has 7 nitrogen and oxygen atoms in total. The molecule has 0 radical (unpaired) electrons. The Bertz CT molecular complexity index is 1460. The molecule has 1 aromatic carbocycles. The Hall–Kier alpha value is -4.51. The Morgan fingerprint density at radius 2 is 1.91 bits per heavy atom. The van der Waals surface area contributed by atoms with Crippen molar-refractivity contribution in [3.8, 4) is 23.0 Å². The molecule has 4 aromatic rings. The highest BCUT2D eigenvalue weighted by Crippen LogP contribution is 2.35. The summed E-state index contributed by atoms with van der Waals surface area (Å²) in [5.41, 5.74) is 11.4. The third kappa shape index (κ3) is 5.20. The predicted molar refractivity (Wildman–Crippen MR) is 131 cm³/mol. The summed E-state index contributed by atoms with van der Waals surface area (Å²) in [5.74, 6) is 5.77. The molecule has 3 aromatic heterocycles. The lowest BCUT2D eigenvalue weighted by Crippen LogP contribution is -2.23. The second-order valence-electron chi connectivity index (χ2n) is 8.55. The first kappa shape index (κ1) is 22.3. The van der Waals surface area contributed by atoms with Crippen molar-refractivity contribution in [3.05, 3.63) is 95.0 Å². The zero-order chi connectivity index (χ0) is 24.4. The highest BCUT2D eigenvalue weighted by molar-refractivity contribution is 5.94. The third-order valence-corrected chi connectivity index (χ3v) is 5.85. The van der Waals surface area contributed by atoms with Crippen molar-refractivity contribution in [3.63, 3.8) is 0 Å². The summed E-state index contributed by atoms with van der Waals surface area (Å²) in [5, 5.41) is 7.26. The van der Waals surface area contributed by atoms with Crippen LogP contribution in [0.1, 0.15) is 51.5 Å². The van der Waals surface area contributed by atoms with E-state index in [9.17, 15) is 9.18 Å². The number of nitrogens with zero attached hydrogens (tertiary/aromatic N) is 4. The molecule has 0 saturated heterocycles. The van der Waals surface area contributed by atoms with Gasteiger partial charge < -0.3 is 11.1 Å². The first-order chi connectivity index (χ1) is 17.0. The van der Waals surface area contributed by atoms with Gasteiger partial charge in [0.2, 0.25) is 5.95 Å². The molecular formula is C27H23FN6O. The highest BCUT2D eigenvalue weighted by atomic mass is 19.1. The minimum absolute atomic E-state index is 0.243. The van der Waals surface area contributed by atoms with E-state index in [2.05, 4.69) is 32.2 Å². The van der Waals surface area contributed by atoms with Gasteiger partial charge in [-0.3, -0.25) is 9.48 Å². The second-order valence-corrected chi connectivity index (χ2v) is 8.55. The lowest BCUT2D eigenvalue weighted by molar-refractivity contribution is 0.0951. The first-order valence-corrected chi connectivity index (χ1v) is 11.3. The summed E-state index contributed by atoms with van der Waals surface area (Å²) in [6.07, 6.45) is 9.30. The zero-order valence-electron chi connectivity index (χ0n) is 19.1. The monoisotopic (exact) mass is 466 g/mol. The summed E-state index contributed by atoms with van der Waals surface area (Å²) in [4.78, 5) is 20.5. The maximum atomic E-state index is 13.0. The number of hydrogen-bond acceptors (Lipinski definition) is 5. The van der Waals surface area contributed by atoms with Gasteiger partial charge in [0.1, 0.15) is 5.82 Å². The number of nitrogen functional groups attached to an aromatic ring is 1. The number of carbonyl (C=O) groups excluding carboxylic acids is 1. The summed E-state index contributed by atoms with van der Waals surface area (Å²) < 4.78 is 15.0. The van der Waals surface area contributed by atoms with Crippen LogP contribution in [0.25, 0.3) is 11.1 Å². The van der Waals surface area contributed by atoms with Crippen molar-refractivity contribution in [2.75, 3.05) is 5.73 Å². The van der Waals surface area contributed by atoms with Gasteiger partial charge in [-0.05, 0) is 55.2 Å². The molecule has 5 rings (SSSR count). The molecule has 35 heavy (non-hydrogen) atoms. The van der Waals surface area contributed by atoms with E-state index in [0.717, 1.165) is 29.5 Å². The summed E-state index contributed by atoms with van der Waals surface area (Å²) in [7, 11) is 0. The molecule has 1 fully saturated rings. The van der Waals surface area contributed by atoms with Crippen LogP contribution in [0.3, 0.4) is 0 Å². The topological polar surface area (TPSA) is 98.7 Å². The summed E-state index contributed by atoms with van der Waals surface area (Å²) in [6, 6.07) is 10.6. The molecule has 8 heteroatoms. The quantitative estimate of drug-likeness (QED) is 0.342. The van der Waals surface area contributed by atoms with Crippen molar-refractivity contribution >= 4 is 11.7 Å². The van der Waals surface area contributed by atoms with Crippen LogP contribution in [-0.2, 0) is 6.54 Å². The molecule has 0 spiro atoms. The summed E-state index contributed by atoms with van der Waals surface area (Å²) in [6.45, 7) is 2.17. The summed E-state index contributed by atoms with van der Waals surface area (Å²) >= 11 is 0. The van der Waals surface area contributed by atoms with Gasteiger partial charge in [0.15, 0.2) is 0 Å². The molecule has 3 heterocycles. The van der Waals surface area contributed by atoms with Gasteiger partial charge in [-0.15, -0.1) is 0 Å².